The van der Waals surface area contributed by atoms with Gasteiger partial charge in [0.2, 0.25) is 0 Å². The number of hydrogen-bond donors (Lipinski definition) is 1. The number of likely N-dealkylation sites (tertiary alicyclic amines) is 1. The molecule has 0 bridgehead atoms. The largest absolute Gasteiger partial charge is 0.329 e. The second-order valence-electron chi connectivity index (χ2n) is 6.47. The lowest BCUT2D eigenvalue weighted by Crippen LogP contribution is -2.58. The van der Waals surface area contributed by atoms with Crippen molar-refractivity contribution in [3.05, 3.63) is 35.9 Å². The Morgan fingerprint density at radius 1 is 1.19 bits per heavy atom. The third-order valence-electron chi connectivity index (χ3n) is 5.07. The molecule has 1 aromatic carbocycles. The van der Waals surface area contributed by atoms with Crippen LogP contribution in [0.3, 0.4) is 0 Å². The fourth-order valence-corrected chi connectivity index (χ4v) is 3.34. The van der Waals surface area contributed by atoms with E-state index in [4.69, 9.17) is 5.73 Å². The first-order chi connectivity index (χ1) is 10.2. The van der Waals surface area contributed by atoms with Crippen LogP contribution in [0.2, 0.25) is 0 Å². The first-order valence-electron chi connectivity index (χ1n) is 8.38. The third-order valence-corrected chi connectivity index (χ3v) is 5.07. The quantitative estimate of drug-likeness (QED) is 0.837. The van der Waals surface area contributed by atoms with Crippen molar-refractivity contribution in [3.63, 3.8) is 0 Å². The highest BCUT2D eigenvalue weighted by atomic mass is 15.2. The Hall–Kier alpha value is -0.900. The zero-order valence-electron chi connectivity index (χ0n) is 13.7. The molecule has 1 heterocycles. The summed E-state index contributed by atoms with van der Waals surface area (Å²) in [5, 5.41) is 0. The number of hydrogen-bond acceptors (Lipinski definition) is 3. The molecule has 0 radical (unpaired) electrons. The van der Waals surface area contributed by atoms with Crippen molar-refractivity contribution < 1.29 is 0 Å². The summed E-state index contributed by atoms with van der Waals surface area (Å²) >= 11 is 0. The van der Waals surface area contributed by atoms with Gasteiger partial charge in [0.25, 0.3) is 0 Å². The first kappa shape index (κ1) is 16.5. The minimum atomic E-state index is 0.225. The van der Waals surface area contributed by atoms with Crippen LogP contribution in [0, 0.1) is 0 Å². The molecule has 0 saturated carbocycles. The second-order valence-corrected chi connectivity index (χ2v) is 6.47. The maximum atomic E-state index is 6.15. The van der Waals surface area contributed by atoms with Gasteiger partial charge in [0.1, 0.15) is 0 Å². The van der Waals surface area contributed by atoms with E-state index >= 15 is 0 Å². The molecular weight excluding hydrogens is 258 g/mol. The van der Waals surface area contributed by atoms with Gasteiger partial charge >= 0.3 is 0 Å². The SMILES string of the molecule is CCCCN(C)C1(CN)CCN(Cc2ccccc2)CC1. The van der Waals surface area contributed by atoms with E-state index in [0.29, 0.717) is 0 Å². The van der Waals surface area contributed by atoms with Crippen molar-refractivity contribution in [3.8, 4) is 0 Å². The fraction of sp³-hybridized carbons (Fsp3) is 0.667. The molecule has 0 aromatic heterocycles. The van der Waals surface area contributed by atoms with E-state index in [1.807, 2.05) is 0 Å². The van der Waals surface area contributed by atoms with E-state index < -0.39 is 0 Å². The lowest BCUT2D eigenvalue weighted by molar-refractivity contribution is 0.0417. The van der Waals surface area contributed by atoms with Gasteiger partial charge in [0.15, 0.2) is 0 Å². The van der Waals surface area contributed by atoms with Gasteiger partial charge in [-0.15, -0.1) is 0 Å². The summed E-state index contributed by atoms with van der Waals surface area (Å²) in [5.74, 6) is 0. The van der Waals surface area contributed by atoms with Crippen molar-refractivity contribution in [1.29, 1.82) is 0 Å². The number of unbranched alkanes of at least 4 members (excludes halogenated alkanes) is 1. The van der Waals surface area contributed by atoms with Gasteiger partial charge in [-0.2, -0.15) is 0 Å². The van der Waals surface area contributed by atoms with E-state index in [0.717, 1.165) is 26.2 Å². The van der Waals surface area contributed by atoms with Crippen LogP contribution in [0.5, 0.6) is 0 Å². The van der Waals surface area contributed by atoms with Crippen LogP contribution in [0.15, 0.2) is 30.3 Å². The van der Waals surface area contributed by atoms with Crippen molar-refractivity contribution in [2.45, 2.75) is 44.7 Å². The highest BCUT2D eigenvalue weighted by Gasteiger charge is 2.36. The Bertz CT molecular complexity index is 396. The maximum absolute atomic E-state index is 6.15. The molecule has 1 aliphatic rings. The molecule has 1 aromatic rings. The van der Waals surface area contributed by atoms with Gasteiger partial charge in [-0.1, -0.05) is 43.7 Å². The normalized spacial score (nSPS) is 19.0. The van der Waals surface area contributed by atoms with Gasteiger partial charge < -0.3 is 5.73 Å². The molecule has 21 heavy (non-hydrogen) atoms. The van der Waals surface area contributed by atoms with Crippen LogP contribution < -0.4 is 5.73 Å². The van der Waals surface area contributed by atoms with Crippen LogP contribution in [0.4, 0.5) is 0 Å². The third kappa shape index (κ3) is 4.29. The number of benzene rings is 1. The molecule has 3 heteroatoms. The Labute approximate surface area is 130 Å². The summed E-state index contributed by atoms with van der Waals surface area (Å²) in [6.45, 7) is 7.59. The van der Waals surface area contributed by atoms with Crippen molar-refractivity contribution in [1.82, 2.24) is 9.80 Å². The van der Waals surface area contributed by atoms with Gasteiger partial charge in [0.05, 0.1) is 0 Å². The van der Waals surface area contributed by atoms with Crippen molar-refractivity contribution in [2.75, 3.05) is 33.2 Å². The zero-order valence-corrected chi connectivity index (χ0v) is 13.7. The van der Waals surface area contributed by atoms with Crippen molar-refractivity contribution >= 4 is 0 Å². The molecule has 0 aliphatic carbocycles. The van der Waals surface area contributed by atoms with Crippen molar-refractivity contribution in [2.24, 2.45) is 5.73 Å². The smallest absolute Gasteiger partial charge is 0.0353 e. The Kier molecular flexibility index (Phi) is 6.22. The highest BCUT2D eigenvalue weighted by Crippen LogP contribution is 2.28. The van der Waals surface area contributed by atoms with Crippen LogP contribution in [-0.2, 0) is 6.54 Å². The van der Waals surface area contributed by atoms with Gasteiger partial charge in [-0.25, -0.2) is 0 Å². The summed E-state index contributed by atoms with van der Waals surface area (Å²) in [4.78, 5) is 5.09. The van der Waals surface area contributed by atoms with Crippen LogP contribution in [0.1, 0.15) is 38.2 Å². The minimum Gasteiger partial charge on any atom is -0.329 e. The van der Waals surface area contributed by atoms with E-state index in [2.05, 4.69) is 54.1 Å². The molecule has 1 fully saturated rings. The van der Waals surface area contributed by atoms with Crippen LogP contribution in [0.25, 0.3) is 0 Å². The average Bonchev–Trinajstić information content (AvgIpc) is 2.54. The van der Waals surface area contributed by atoms with E-state index in [1.165, 1.54) is 37.8 Å². The number of rotatable bonds is 7. The summed E-state index contributed by atoms with van der Waals surface area (Å²) in [7, 11) is 2.26. The first-order valence-corrected chi connectivity index (χ1v) is 8.38. The topological polar surface area (TPSA) is 32.5 Å². The predicted molar refractivity (Wildman–Crippen MR) is 90.3 cm³/mol. The summed E-state index contributed by atoms with van der Waals surface area (Å²) in [5.41, 5.74) is 7.79. The lowest BCUT2D eigenvalue weighted by Gasteiger charge is -2.47. The van der Waals surface area contributed by atoms with E-state index in [9.17, 15) is 0 Å². The van der Waals surface area contributed by atoms with Crippen LogP contribution in [-0.4, -0.2) is 48.6 Å². The van der Waals surface area contributed by atoms with E-state index in [1.54, 1.807) is 0 Å². The van der Waals surface area contributed by atoms with Gasteiger partial charge in [0, 0.05) is 31.7 Å². The number of likely N-dealkylation sites (N-methyl/N-ethyl adjacent to an activating group) is 1. The molecule has 1 saturated heterocycles. The highest BCUT2D eigenvalue weighted by molar-refractivity contribution is 5.14. The molecule has 2 N–H and O–H groups in total. The summed E-state index contributed by atoms with van der Waals surface area (Å²) in [6.07, 6.45) is 4.91. The zero-order chi connectivity index (χ0) is 15.1. The fourth-order valence-electron chi connectivity index (χ4n) is 3.34. The summed E-state index contributed by atoms with van der Waals surface area (Å²) < 4.78 is 0. The summed E-state index contributed by atoms with van der Waals surface area (Å²) in [6, 6.07) is 10.8. The maximum Gasteiger partial charge on any atom is 0.0353 e. The van der Waals surface area contributed by atoms with Gasteiger partial charge in [-0.05, 0) is 38.4 Å². The predicted octanol–water partition coefficient (Wildman–Crippen LogP) is 2.71. The molecule has 0 atom stereocenters. The molecule has 118 valence electrons. The average molecular weight is 289 g/mol. The standard InChI is InChI=1S/C18H31N3/c1-3-4-12-20(2)18(16-19)10-13-21(14-11-18)15-17-8-6-5-7-9-17/h5-9H,3-4,10-16,19H2,1-2H3. The van der Waals surface area contributed by atoms with Gasteiger partial charge in [-0.3, -0.25) is 9.80 Å². The molecule has 0 unspecified atom stereocenters. The van der Waals surface area contributed by atoms with E-state index in [-0.39, 0.29) is 5.54 Å². The Morgan fingerprint density at radius 3 is 2.43 bits per heavy atom. The molecule has 1 aliphatic heterocycles. The lowest BCUT2D eigenvalue weighted by atomic mass is 9.85. The van der Waals surface area contributed by atoms with Crippen LogP contribution >= 0.6 is 0 Å². The molecule has 0 amide bonds. The number of piperidine rings is 1. The Morgan fingerprint density at radius 2 is 1.86 bits per heavy atom. The second kappa shape index (κ2) is 7.92. The monoisotopic (exact) mass is 289 g/mol. The molecule has 2 rings (SSSR count). The molecule has 0 spiro atoms. The number of nitrogens with zero attached hydrogens (tertiary/aromatic N) is 2. The molecule has 3 nitrogen and oxygen atoms in total. The molecular formula is C18H31N3. The number of nitrogens with two attached hydrogens (primary N) is 1. The Balaban J connectivity index is 1.88. The minimum absolute atomic E-state index is 0.225.